The first kappa shape index (κ1) is 14.6. The van der Waals surface area contributed by atoms with Gasteiger partial charge in [-0.1, -0.05) is 41.9 Å². The second-order valence-electron chi connectivity index (χ2n) is 5.30. The predicted octanol–water partition coefficient (Wildman–Crippen LogP) is 4.17. The molecule has 0 spiro atoms. The zero-order valence-corrected chi connectivity index (χ0v) is 13.4. The lowest BCUT2D eigenvalue weighted by molar-refractivity contribution is 1.03. The van der Waals surface area contributed by atoms with Gasteiger partial charge in [-0.3, -0.25) is 10.4 Å². The van der Waals surface area contributed by atoms with E-state index in [0.717, 1.165) is 28.1 Å². The third-order valence-corrected chi connectivity index (χ3v) is 3.94. The van der Waals surface area contributed by atoms with Crippen LogP contribution >= 0.6 is 11.6 Å². The van der Waals surface area contributed by atoms with E-state index in [1.54, 1.807) is 12.4 Å². The molecule has 1 N–H and O–H groups in total. The molecule has 3 aromatic rings. The molecule has 0 radical (unpaired) electrons. The van der Waals surface area contributed by atoms with E-state index < -0.39 is 0 Å². The number of hydrogen-bond acceptors (Lipinski definition) is 4. The van der Waals surface area contributed by atoms with Gasteiger partial charge in [0.15, 0.2) is 5.84 Å². The molecule has 4 rings (SSSR count). The predicted molar refractivity (Wildman–Crippen MR) is 97.1 cm³/mol. The summed E-state index contributed by atoms with van der Waals surface area (Å²) in [5, 5.41) is 5.21. The monoisotopic (exact) mass is 332 g/mol. The van der Waals surface area contributed by atoms with Crippen molar-refractivity contribution in [2.45, 2.75) is 0 Å². The van der Waals surface area contributed by atoms with E-state index in [9.17, 15) is 0 Å². The van der Waals surface area contributed by atoms with Gasteiger partial charge in [0.2, 0.25) is 0 Å². The first-order chi connectivity index (χ1) is 11.8. The number of aliphatic imine (C=N–C) groups is 1. The Morgan fingerprint density at radius 2 is 1.71 bits per heavy atom. The second-order valence-corrected chi connectivity index (χ2v) is 5.74. The highest BCUT2D eigenvalue weighted by atomic mass is 35.5. The minimum atomic E-state index is 0.642. The molecule has 0 saturated heterocycles. The van der Waals surface area contributed by atoms with Gasteiger partial charge in [-0.05, 0) is 30.3 Å². The van der Waals surface area contributed by atoms with Gasteiger partial charge in [0.1, 0.15) is 5.71 Å². The molecule has 24 heavy (non-hydrogen) atoms. The number of nitrogens with one attached hydrogen (secondary N) is 1. The van der Waals surface area contributed by atoms with Crippen molar-refractivity contribution in [1.82, 2.24) is 10.4 Å². The van der Waals surface area contributed by atoms with Crippen molar-refractivity contribution in [2.24, 2.45) is 10.1 Å². The fourth-order valence-electron chi connectivity index (χ4n) is 2.56. The minimum Gasteiger partial charge on any atom is -0.264 e. The number of amidine groups is 1. The van der Waals surface area contributed by atoms with Crippen molar-refractivity contribution in [3.8, 4) is 0 Å². The number of hydrazone groups is 1. The smallest absolute Gasteiger partial charge is 0.154 e. The van der Waals surface area contributed by atoms with Crippen LogP contribution in [0.1, 0.15) is 16.7 Å². The van der Waals surface area contributed by atoms with Gasteiger partial charge in [0.25, 0.3) is 0 Å². The van der Waals surface area contributed by atoms with E-state index in [4.69, 9.17) is 16.6 Å². The third-order valence-electron chi connectivity index (χ3n) is 3.70. The molecule has 0 atom stereocenters. The van der Waals surface area contributed by atoms with Gasteiger partial charge in [-0.25, -0.2) is 4.99 Å². The first-order valence-electron chi connectivity index (χ1n) is 7.49. The number of rotatable bonds is 2. The molecule has 116 valence electrons. The van der Waals surface area contributed by atoms with E-state index >= 15 is 0 Å². The highest BCUT2D eigenvalue weighted by Gasteiger charge is 2.17. The Morgan fingerprint density at radius 3 is 2.50 bits per heavy atom. The maximum atomic E-state index is 6.20. The van der Waals surface area contributed by atoms with Crippen LogP contribution < -0.4 is 5.43 Å². The summed E-state index contributed by atoms with van der Waals surface area (Å²) in [6, 6.07) is 19.4. The minimum absolute atomic E-state index is 0.642. The zero-order valence-electron chi connectivity index (χ0n) is 12.6. The second kappa shape index (κ2) is 6.26. The van der Waals surface area contributed by atoms with Gasteiger partial charge in [-0.15, -0.1) is 0 Å². The highest BCUT2D eigenvalue weighted by molar-refractivity contribution is 6.31. The van der Waals surface area contributed by atoms with E-state index in [2.05, 4.69) is 15.5 Å². The van der Waals surface area contributed by atoms with Gasteiger partial charge in [0.05, 0.1) is 5.69 Å². The van der Waals surface area contributed by atoms with E-state index in [0.29, 0.717) is 10.9 Å². The van der Waals surface area contributed by atoms with E-state index in [1.807, 2.05) is 60.7 Å². The van der Waals surface area contributed by atoms with Crippen LogP contribution in [0.3, 0.4) is 0 Å². The summed E-state index contributed by atoms with van der Waals surface area (Å²) >= 11 is 6.20. The third kappa shape index (κ3) is 2.79. The van der Waals surface area contributed by atoms with Crippen LogP contribution in [-0.4, -0.2) is 16.5 Å². The molecule has 5 heteroatoms. The highest BCUT2D eigenvalue weighted by Crippen LogP contribution is 2.28. The summed E-state index contributed by atoms with van der Waals surface area (Å²) in [6.45, 7) is 0. The lowest BCUT2D eigenvalue weighted by Gasteiger charge is -2.07. The Kier molecular flexibility index (Phi) is 3.81. The summed E-state index contributed by atoms with van der Waals surface area (Å²) in [5.74, 6) is 0.693. The molecule has 0 unspecified atom stereocenters. The largest absolute Gasteiger partial charge is 0.264 e. The molecular weight excluding hydrogens is 320 g/mol. The lowest BCUT2D eigenvalue weighted by atomic mass is 10.0. The molecule has 0 saturated carbocycles. The van der Waals surface area contributed by atoms with Crippen molar-refractivity contribution in [3.05, 3.63) is 94.8 Å². The molecule has 4 nitrogen and oxygen atoms in total. The number of halogens is 1. The fraction of sp³-hybridized carbons (Fsp3) is 0. The zero-order chi connectivity index (χ0) is 16.4. The molecule has 1 aliphatic heterocycles. The molecule has 0 bridgehead atoms. The maximum Gasteiger partial charge on any atom is 0.154 e. The quantitative estimate of drug-likeness (QED) is 0.765. The van der Waals surface area contributed by atoms with Crippen molar-refractivity contribution in [3.63, 3.8) is 0 Å². The molecule has 0 fully saturated rings. The lowest BCUT2D eigenvalue weighted by Crippen LogP contribution is -2.19. The van der Waals surface area contributed by atoms with Gasteiger partial charge in [-0.2, -0.15) is 5.10 Å². The van der Waals surface area contributed by atoms with Crippen LogP contribution in [0.15, 0.2) is 83.2 Å². The number of pyridine rings is 1. The van der Waals surface area contributed by atoms with Crippen LogP contribution in [-0.2, 0) is 0 Å². The number of benzene rings is 2. The number of hydrogen-bond donors (Lipinski definition) is 1. The number of fused-ring (bicyclic) bond motifs is 1. The van der Waals surface area contributed by atoms with Crippen LogP contribution in [0.2, 0.25) is 5.02 Å². The average Bonchev–Trinajstić information content (AvgIpc) is 2.82. The van der Waals surface area contributed by atoms with Crippen molar-refractivity contribution >= 4 is 28.8 Å². The molecular formula is C19H13ClN4. The first-order valence-corrected chi connectivity index (χ1v) is 7.87. The van der Waals surface area contributed by atoms with Gasteiger partial charge < -0.3 is 0 Å². The Labute approximate surface area is 144 Å². The normalized spacial score (nSPS) is 13.2. The Hall–Kier alpha value is -2.98. The van der Waals surface area contributed by atoms with E-state index in [-0.39, 0.29) is 0 Å². The van der Waals surface area contributed by atoms with Crippen molar-refractivity contribution in [1.29, 1.82) is 0 Å². The molecule has 0 aliphatic carbocycles. The van der Waals surface area contributed by atoms with Crippen LogP contribution in [0, 0.1) is 0 Å². The van der Waals surface area contributed by atoms with Crippen molar-refractivity contribution in [2.75, 3.05) is 0 Å². The van der Waals surface area contributed by atoms with Crippen LogP contribution in [0.4, 0.5) is 5.69 Å². The van der Waals surface area contributed by atoms with Gasteiger partial charge in [0, 0.05) is 34.1 Å². The number of aromatic nitrogens is 1. The van der Waals surface area contributed by atoms with E-state index in [1.165, 1.54) is 0 Å². The summed E-state index contributed by atoms with van der Waals surface area (Å²) in [7, 11) is 0. The molecule has 1 aromatic heterocycles. The standard InChI is InChI=1S/C19H13ClN4/c20-15-8-9-17-16(11-15)18(14-7-4-10-21-12-14)23-24-19(22-17)13-5-2-1-3-6-13/h1-12H,(H,22,24). The summed E-state index contributed by atoms with van der Waals surface area (Å²) in [5.41, 5.74) is 7.39. The van der Waals surface area contributed by atoms with Crippen molar-refractivity contribution < 1.29 is 0 Å². The Morgan fingerprint density at radius 1 is 0.875 bits per heavy atom. The van der Waals surface area contributed by atoms with Crippen LogP contribution in [0.5, 0.6) is 0 Å². The fourth-order valence-corrected chi connectivity index (χ4v) is 2.73. The number of nitrogens with zero attached hydrogens (tertiary/aromatic N) is 3. The molecule has 1 aliphatic rings. The maximum absolute atomic E-state index is 6.20. The summed E-state index contributed by atoms with van der Waals surface area (Å²) in [4.78, 5) is 8.92. The Balaban J connectivity index is 1.89. The average molecular weight is 333 g/mol. The van der Waals surface area contributed by atoms with Gasteiger partial charge >= 0.3 is 0 Å². The summed E-state index contributed by atoms with van der Waals surface area (Å²) in [6.07, 6.45) is 3.51. The molecule has 0 amide bonds. The Bertz CT molecular complexity index is 934. The van der Waals surface area contributed by atoms with Crippen LogP contribution in [0.25, 0.3) is 0 Å². The summed E-state index contributed by atoms with van der Waals surface area (Å²) < 4.78 is 0. The molecule has 2 aromatic carbocycles. The SMILES string of the molecule is Clc1ccc2c(c1)C(c1cccnc1)=NNC(c1ccccc1)=N2. The topological polar surface area (TPSA) is 49.6 Å². The molecule has 2 heterocycles.